The van der Waals surface area contributed by atoms with Crippen LogP contribution in [0.5, 0.6) is 0 Å². The molecule has 0 aliphatic carbocycles. The van der Waals surface area contributed by atoms with Crippen LogP contribution in [0.3, 0.4) is 0 Å². The maximum atomic E-state index is 11.4. The zero-order valence-electron chi connectivity index (χ0n) is 7.68. The van der Waals surface area contributed by atoms with Gasteiger partial charge in [-0.05, 0) is 13.3 Å². The molecule has 0 aliphatic heterocycles. The third-order valence-electron chi connectivity index (χ3n) is 1.59. The summed E-state index contributed by atoms with van der Waals surface area (Å²) >= 11 is 1.70. The maximum Gasteiger partial charge on any atom is 0.153 e. The van der Waals surface area contributed by atoms with E-state index in [0.717, 1.165) is 5.75 Å². The molecule has 0 rings (SSSR count). The SMILES string of the molecule is CNC(CSC)C(=O)C(C)C. The van der Waals surface area contributed by atoms with Crippen molar-refractivity contribution in [1.82, 2.24) is 5.32 Å². The predicted octanol–water partition coefficient (Wildman–Crippen LogP) is 1.16. The van der Waals surface area contributed by atoms with Crippen LogP contribution in [0.15, 0.2) is 0 Å². The smallest absolute Gasteiger partial charge is 0.153 e. The third-order valence-corrected chi connectivity index (χ3v) is 2.26. The summed E-state index contributed by atoms with van der Waals surface area (Å²) in [5.74, 6) is 1.31. The molecule has 66 valence electrons. The number of ketones is 1. The van der Waals surface area contributed by atoms with Crippen molar-refractivity contribution < 1.29 is 4.79 Å². The van der Waals surface area contributed by atoms with Crippen molar-refractivity contribution in [2.75, 3.05) is 19.1 Å². The average Bonchev–Trinajstić information content (AvgIpc) is 1.98. The molecule has 3 heteroatoms. The molecular formula is C8H17NOS. The van der Waals surface area contributed by atoms with E-state index >= 15 is 0 Å². The molecule has 1 atom stereocenters. The number of carbonyl (C=O) groups is 1. The first-order chi connectivity index (χ1) is 5.13. The Bertz CT molecular complexity index is 125. The number of likely N-dealkylation sites (N-methyl/N-ethyl adjacent to an activating group) is 1. The van der Waals surface area contributed by atoms with Crippen LogP contribution in [0.25, 0.3) is 0 Å². The number of hydrogen-bond acceptors (Lipinski definition) is 3. The van der Waals surface area contributed by atoms with Crippen LogP contribution in [0, 0.1) is 5.92 Å². The molecule has 0 spiro atoms. The number of Topliss-reactive ketones (excluding diaryl/α,β-unsaturated/α-hetero) is 1. The lowest BCUT2D eigenvalue weighted by molar-refractivity contribution is -0.123. The molecule has 0 fully saturated rings. The summed E-state index contributed by atoms with van der Waals surface area (Å²) in [6.45, 7) is 3.88. The first-order valence-corrected chi connectivity index (χ1v) is 5.22. The molecule has 0 aromatic carbocycles. The van der Waals surface area contributed by atoms with E-state index in [4.69, 9.17) is 0 Å². The fourth-order valence-corrected chi connectivity index (χ4v) is 1.54. The summed E-state index contributed by atoms with van der Waals surface area (Å²) in [6.07, 6.45) is 2.01. The Hall–Kier alpha value is -0.0200. The second kappa shape index (κ2) is 5.61. The highest BCUT2D eigenvalue weighted by molar-refractivity contribution is 7.98. The lowest BCUT2D eigenvalue weighted by atomic mass is 10.0. The first kappa shape index (κ1) is 11.0. The largest absolute Gasteiger partial charge is 0.310 e. The Balaban J connectivity index is 3.92. The van der Waals surface area contributed by atoms with E-state index in [1.54, 1.807) is 11.8 Å². The van der Waals surface area contributed by atoms with Gasteiger partial charge in [-0.15, -0.1) is 0 Å². The minimum Gasteiger partial charge on any atom is -0.310 e. The van der Waals surface area contributed by atoms with Gasteiger partial charge in [-0.25, -0.2) is 0 Å². The first-order valence-electron chi connectivity index (χ1n) is 3.83. The molecule has 0 amide bonds. The standard InChI is InChI=1S/C8H17NOS/c1-6(2)8(10)7(9-3)5-11-4/h6-7,9H,5H2,1-4H3. The fourth-order valence-electron chi connectivity index (χ4n) is 0.877. The molecule has 0 aromatic rings. The van der Waals surface area contributed by atoms with Gasteiger partial charge < -0.3 is 5.32 Å². The molecule has 0 saturated heterocycles. The Labute approximate surface area is 73.1 Å². The van der Waals surface area contributed by atoms with Crippen molar-refractivity contribution in [1.29, 1.82) is 0 Å². The summed E-state index contributed by atoms with van der Waals surface area (Å²) in [6, 6.07) is 0.0324. The zero-order chi connectivity index (χ0) is 8.85. The van der Waals surface area contributed by atoms with E-state index in [2.05, 4.69) is 5.32 Å². The van der Waals surface area contributed by atoms with Crippen LogP contribution >= 0.6 is 11.8 Å². The van der Waals surface area contributed by atoms with Crippen molar-refractivity contribution in [2.24, 2.45) is 5.92 Å². The Kier molecular flexibility index (Phi) is 5.60. The summed E-state index contributed by atoms with van der Waals surface area (Å²) in [7, 11) is 1.83. The Morgan fingerprint density at radius 3 is 2.36 bits per heavy atom. The molecule has 0 saturated carbocycles. The molecule has 2 nitrogen and oxygen atoms in total. The van der Waals surface area contributed by atoms with Gasteiger partial charge in [0.05, 0.1) is 6.04 Å². The molecule has 1 N–H and O–H groups in total. The Morgan fingerprint density at radius 2 is 2.09 bits per heavy atom. The molecule has 0 aromatic heterocycles. The number of nitrogens with one attached hydrogen (secondary N) is 1. The second-order valence-corrected chi connectivity index (χ2v) is 3.76. The molecule has 0 aliphatic rings. The molecule has 0 radical (unpaired) electrons. The van der Waals surface area contributed by atoms with Crippen LogP contribution in [-0.4, -0.2) is 30.9 Å². The van der Waals surface area contributed by atoms with Gasteiger partial charge in [0.15, 0.2) is 5.78 Å². The monoisotopic (exact) mass is 175 g/mol. The van der Waals surface area contributed by atoms with Gasteiger partial charge in [0, 0.05) is 11.7 Å². The quantitative estimate of drug-likeness (QED) is 0.680. The van der Waals surface area contributed by atoms with Crippen molar-refractivity contribution in [3.8, 4) is 0 Å². The Morgan fingerprint density at radius 1 is 1.55 bits per heavy atom. The van der Waals surface area contributed by atoms with E-state index in [1.165, 1.54) is 0 Å². The molecular weight excluding hydrogens is 158 g/mol. The minimum atomic E-state index is 0.0324. The number of hydrogen-bond donors (Lipinski definition) is 1. The van der Waals surface area contributed by atoms with Gasteiger partial charge in [0.25, 0.3) is 0 Å². The predicted molar refractivity (Wildman–Crippen MR) is 51.1 cm³/mol. The van der Waals surface area contributed by atoms with Gasteiger partial charge >= 0.3 is 0 Å². The van der Waals surface area contributed by atoms with E-state index in [9.17, 15) is 4.79 Å². The van der Waals surface area contributed by atoms with E-state index in [-0.39, 0.29) is 12.0 Å². The summed E-state index contributed by atoms with van der Waals surface area (Å²) in [4.78, 5) is 11.4. The minimum absolute atomic E-state index is 0.0324. The van der Waals surface area contributed by atoms with Crippen molar-refractivity contribution in [3.63, 3.8) is 0 Å². The van der Waals surface area contributed by atoms with E-state index in [0.29, 0.717) is 5.78 Å². The lowest BCUT2D eigenvalue weighted by Crippen LogP contribution is -2.38. The highest BCUT2D eigenvalue weighted by Gasteiger charge is 2.17. The van der Waals surface area contributed by atoms with Gasteiger partial charge in [0.2, 0.25) is 0 Å². The van der Waals surface area contributed by atoms with Crippen LogP contribution in [0.4, 0.5) is 0 Å². The van der Waals surface area contributed by atoms with Crippen LogP contribution < -0.4 is 5.32 Å². The number of carbonyl (C=O) groups excluding carboxylic acids is 1. The molecule has 11 heavy (non-hydrogen) atoms. The van der Waals surface area contributed by atoms with Crippen molar-refractivity contribution in [2.45, 2.75) is 19.9 Å². The van der Waals surface area contributed by atoms with E-state index in [1.807, 2.05) is 27.2 Å². The number of thioether (sulfide) groups is 1. The normalized spacial score (nSPS) is 13.5. The number of rotatable bonds is 5. The van der Waals surface area contributed by atoms with Gasteiger partial charge in [-0.1, -0.05) is 13.8 Å². The van der Waals surface area contributed by atoms with Crippen LogP contribution in [0.1, 0.15) is 13.8 Å². The molecule has 0 bridgehead atoms. The fraction of sp³-hybridized carbons (Fsp3) is 0.875. The van der Waals surface area contributed by atoms with Crippen molar-refractivity contribution >= 4 is 17.5 Å². The summed E-state index contributed by atoms with van der Waals surface area (Å²) < 4.78 is 0. The van der Waals surface area contributed by atoms with Crippen molar-refractivity contribution in [3.05, 3.63) is 0 Å². The van der Waals surface area contributed by atoms with Crippen LogP contribution in [-0.2, 0) is 4.79 Å². The topological polar surface area (TPSA) is 29.1 Å². The van der Waals surface area contributed by atoms with Gasteiger partial charge in [-0.3, -0.25) is 4.79 Å². The lowest BCUT2D eigenvalue weighted by Gasteiger charge is -2.15. The molecule has 0 heterocycles. The maximum absolute atomic E-state index is 11.4. The summed E-state index contributed by atoms with van der Waals surface area (Å²) in [5.41, 5.74) is 0. The van der Waals surface area contributed by atoms with Crippen LogP contribution in [0.2, 0.25) is 0 Å². The highest BCUT2D eigenvalue weighted by Crippen LogP contribution is 2.04. The third kappa shape index (κ3) is 3.77. The van der Waals surface area contributed by atoms with Gasteiger partial charge in [-0.2, -0.15) is 11.8 Å². The highest BCUT2D eigenvalue weighted by atomic mass is 32.2. The summed E-state index contributed by atoms with van der Waals surface area (Å²) in [5, 5.41) is 3.01. The average molecular weight is 175 g/mol. The second-order valence-electron chi connectivity index (χ2n) is 2.85. The zero-order valence-corrected chi connectivity index (χ0v) is 8.49. The molecule has 1 unspecified atom stereocenters. The van der Waals surface area contributed by atoms with Gasteiger partial charge in [0.1, 0.15) is 0 Å². The van der Waals surface area contributed by atoms with E-state index < -0.39 is 0 Å².